The zero-order valence-corrected chi connectivity index (χ0v) is 19.0. The molecule has 0 spiro atoms. The lowest BCUT2D eigenvalue weighted by Gasteiger charge is -2.17. The highest BCUT2D eigenvalue weighted by Crippen LogP contribution is 2.53. The van der Waals surface area contributed by atoms with Crippen LogP contribution in [-0.4, -0.2) is 36.2 Å². The van der Waals surface area contributed by atoms with Gasteiger partial charge in [-0.05, 0) is 66.8 Å². The molecule has 2 aromatic rings. The minimum Gasteiger partial charge on any atom is -0.452 e. The number of carbonyl (C=O) groups is 5. The molecular weight excluding hydrogens is 474 g/mol. The number of hydrogen-bond donors (Lipinski definition) is 2. The van der Waals surface area contributed by atoms with Gasteiger partial charge in [-0.1, -0.05) is 23.8 Å². The molecule has 4 atom stereocenters. The van der Waals surface area contributed by atoms with Crippen molar-refractivity contribution in [2.75, 3.05) is 11.5 Å². The van der Waals surface area contributed by atoms with E-state index in [4.69, 9.17) is 16.3 Å². The Morgan fingerprint density at radius 3 is 2.03 bits per heavy atom. The predicted octanol–water partition coefficient (Wildman–Crippen LogP) is 2.27. The van der Waals surface area contributed by atoms with Crippen molar-refractivity contribution in [1.82, 2.24) is 10.9 Å². The molecule has 2 fully saturated rings. The number of amides is 4. The Kier molecular flexibility index (Phi) is 5.86. The van der Waals surface area contributed by atoms with E-state index in [0.29, 0.717) is 10.7 Å². The van der Waals surface area contributed by atoms with Crippen molar-refractivity contribution in [3.8, 4) is 0 Å². The molecule has 5 rings (SSSR count). The number of nitrogens with one attached hydrogen (secondary N) is 2. The van der Waals surface area contributed by atoms with Crippen LogP contribution < -0.4 is 15.8 Å². The van der Waals surface area contributed by atoms with E-state index in [-0.39, 0.29) is 46.6 Å². The largest absolute Gasteiger partial charge is 0.452 e. The molecule has 1 heterocycles. The molecule has 2 bridgehead atoms. The average molecular weight is 494 g/mol. The Morgan fingerprint density at radius 1 is 0.857 bits per heavy atom. The van der Waals surface area contributed by atoms with Crippen LogP contribution in [0.5, 0.6) is 0 Å². The Bertz CT molecular complexity index is 1230. The van der Waals surface area contributed by atoms with Crippen LogP contribution in [0.3, 0.4) is 0 Å². The SMILES string of the molecule is O=C(COC(=O)c1ccc(N2C(=O)[C@@H]3[C@@H](C2=O)[C@H]2C=C[C@H]3C2)cc1)NNC(=O)c1ccc(Cl)cc1. The van der Waals surface area contributed by atoms with Crippen LogP contribution in [0.4, 0.5) is 5.69 Å². The average Bonchev–Trinajstić information content (AvgIpc) is 3.55. The maximum atomic E-state index is 12.9. The number of anilines is 1. The van der Waals surface area contributed by atoms with E-state index in [2.05, 4.69) is 10.9 Å². The highest BCUT2D eigenvalue weighted by atomic mass is 35.5. The van der Waals surface area contributed by atoms with Gasteiger partial charge in [0.05, 0.1) is 23.1 Å². The highest BCUT2D eigenvalue weighted by Gasteiger charge is 2.59. The summed E-state index contributed by atoms with van der Waals surface area (Å²) in [5.41, 5.74) is 5.19. The zero-order chi connectivity index (χ0) is 24.7. The van der Waals surface area contributed by atoms with Crippen LogP contribution in [-0.2, 0) is 19.1 Å². The van der Waals surface area contributed by atoms with E-state index < -0.39 is 24.4 Å². The van der Waals surface area contributed by atoms with Crippen LogP contribution in [0.15, 0.2) is 60.7 Å². The summed E-state index contributed by atoms with van der Waals surface area (Å²) in [6.45, 7) is -0.621. The standard InChI is InChI=1S/C25H20ClN3O6/c26-17-7-3-13(4-8-17)22(31)28-27-19(30)12-35-25(34)14-5-9-18(10-6-14)29-23(32)20-15-1-2-16(11-15)21(20)24(29)33/h1-10,15-16,20-21H,11-12H2,(H,27,30)(H,28,31)/t15-,16-,20-,21-/m0/s1. The Labute approximate surface area is 205 Å². The van der Waals surface area contributed by atoms with Crippen LogP contribution in [0.2, 0.25) is 5.02 Å². The van der Waals surface area contributed by atoms with Crippen molar-refractivity contribution in [1.29, 1.82) is 0 Å². The third-order valence-electron chi connectivity index (χ3n) is 6.59. The number of benzene rings is 2. The summed E-state index contributed by atoms with van der Waals surface area (Å²) < 4.78 is 4.97. The van der Waals surface area contributed by atoms with Crippen LogP contribution in [0.25, 0.3) is 0 Å². The number of esters is 1. The van der Waals surface area contributed by atoms with E-state index in [0.717, 1.165) is 6.42 Å². The second-order valence-corrected chi connectivity index (χ2v) is 9.08. The molecule has 2 aliphatic carbocycles. The number of hydrazine groups is 1. The lowest BCUT2D eigenvalue weighted by Crippen LogP contribution is -2.43. The summed E-state index contributed by atoms with van der Waals surface area (Å²) in [7, 11) is 0. The summed E-state index contributed by atoms with van der Waals surface area (Å²) in [6, 6.07) is 11.9. The molecule has 3 aliphatic rings. The van der Waals surface area contributed by atoms with Gasteiger partial charge in [0.25, 0.3) is 11.8 Å². The first-order valence-electron chi connectivity index (χ1n) is 11.0. The smallest absolute Gasteiger partial charge is 0.338 e. The lowest BCUT2D eigenvalue weighted by atomic mass is 9.85. The van der Waals surface area contributed by atoms with Crippen LogP contribution in [0.1, 0.15) is 27.1 Å². The van der Waals surface area contributed by atoms with E-state index in [1.54, 1.807) is 0 Å². The van der Waals surface area contributed by atoms with Crippen molar-refractivity contribution in [3.63, 3.8) is 0 Å². The number of nitrogens with zero attached hydrogens (tertiary/aromatic N) is 1. The van der Waals surface area contributed by atoms with Gasteiger partial charge in [0.15, 0.2) is 6.61 Å². The van der Waals surface area contributed by atoms with E-state index in [1.165, 1.54) is 53.4 Å². The van der Waals surface area contributed by atoms with Crippen molar-refractivity contribution in [2.45, 2.75) is 6.42 Å². The Morgan fingerprint density at radius 2 is 1.43 bits per heavy atom. The number of carbonyl (C=O) groups excluding carboxylic acids is 5. The normalized spacial score (nSPS) is 23.9. The summed E-state index contributed by atoms with van der Waals surface area (Å²) in [5, 5.41) is 0.468. The molecule has 1 aliphatic heterocycles. The van der Waals surface area contributed by atoms with Gasteiger partial charge in [-0.15, -0.1) is 0 Å². The Hall–Kier alpha value is -3.98. The number of imide groups is 1. The Balaban J connectivity index is 1.13. The fourth-order valence-corrected chi connectivity index (χ4v) is 5.08. The van der Waals surface area contributed by atoms with Gasteiger partial charge in [-0.25, -0.2) is 4.79 Å². The molecule has 0 aromatic heterocycles. The van der Waals surface area contributed by atoms with Crippen molar-refractivity contribution in [3.05, 3.63) is 76.8 Å². The minimum absolute atomic E-state index is 0.114. The maximum Gasteiger partial charge on any atom is 0.338 e. The molecular formula is C25H20ClN3O6. The molecule has 178 valence electrons. The molecule has 0 radical (unpaired) electrons. The molecule has 2 N–H and O–H groups in total. The third kappa shape index (κ3) is 4.19. The first kappa shape index (κ1) is 22.8. The number of rotatable bonds is 5. The second-order valence-electron chi connectivity index (χ2n) is 8.64. The second kappa shape index (κ2) is 8.99. The summed E-state index contributed by atoms with van der Waals surface area (Å²) in [6.07, 6.45) is 4.90. The molecule has 2 aromatic carbocycles. The number of ether oxygens (including phenoxy) is 1. The lowest BCUT2D eigenvalue weighted by molar-refractivity contribution is -0.125. The molecule has 4 amide bonds. The van der Waals surface area contributed by atoms with Crippen molar-refractivity contribution in [2.24, 2.45) is 23.7 Å². The number of hydrogen-bond acceptors (Lipinski definition) is 6. The molecule has 9 nitrogen and oxygen atoms in total. The van der Waals surface area contributed by atoms with Gasteiger partial charge >= 0.3 is 5.97 Å². The monoisotopic (exact) mass is 493 g/mol. The van der Waals surface area contributed by atoms with Crippen molar-refractivity contribution >= 4 is 46.9 Å². The summed E-state index contributed by atoms with van der Waals surface area (Å²) in [4.78, 5) is 63.2. The summed E-state index contributed by atoms with van der Waals surface area (Å²) >= 11 is 5.77. The fourth-order valence-electron chi connectivity index (χ4n) is 4.95. The first-order valence-corrected chi connectivity index (χ1v) is 11.4. The van der Waals surface area contributed by atoms with Crippen molar-refractivity contribution < 1.29 is 28.7 Å². The van der Waals surface area contributed by atoms with Gasteiger partial charge in [0, 0.05) is 10.6 Å². The van der Waals surface area contributed by atoms with Gasteiger partial charge in [0.1, 0.15) is 0 Å². The quantitative estimate of drug-likeness (QED) is 0.285. The van der Waals surface area contributed by atoms with E-state index in [1.807, 2.05) is 12.2 Å². The topological polar surface area (TPSA) is 122 Å². The van der Waals surface area contributed by atoms with Crippen LogP contribution >= 0.6 is 11.6 Å². The molecule has 1 saturated carbocycles. The number of fused-ring (bicyclic) bond motifs is 5. The van der Waals surface area contributed by atoms with E-state index in [9.17, 15) is 24.0 Å². The highest BCUT2D eigenvalue weighted by molar-refractivity contribution is 6.30. The number of halogens is 1. The number of allylic oxidation sites excluding steroid dienone is 2. The zero-order valence-electron chi connectivity index (χ0n) is 18.3. The molecule has 0 unspecified atom stereocenters. The molecule has 10 heteroatoms. The van der Waals surface area contributed by atoms with E-state index >= 15 is 0 Å². The maximum absolute atomic E-state index is 12.9. The summed E-state index contributed by atoms with van der Waals surface area (Å²) in [5.74, 6) is -2.86. The van der Waals surface area contributed by atoms with Crippen LogP contribution in [0, 0.1) is 23.7 Å². The predicted molar refractivity (Wildman–Crippen MR) is 124 cm³/mol. The van der Waals surface area contributed by atoms with Gasteiger partial charge in [0.2, 0.25) is 11.8 Å². The third-order valence-corrected chi connectivity index (χ3v) is 6.84. The van der Waals surface area contributed by atoms with Gasteiger partial charge in [-0.3, -0.25) is 34.9 Å². The van der Waals surface area contributed by atoms with Gasteiger partial charge < -0.3 is 4.74 Å². The molecule has 1 saturated heterocycles. The molecule has 35 heavy (non-hydrogen) atoms. The van der Waals surface area contributed by atoms with Gasteiger partial charge in [-0.2, -0.15) is 0 Å². The first-order chi connectivity index (χ1) is 16.8. The fraction of sp³-hybridized carbons (Fsp3) is 0.240. The minimum atomic E-state index is -0.770.